The van der Waals surface area contributed by atoms with E-state index in [4.69, 9.17) is 0 Å². The van der Waals surface area contributed by atoms with Crippen LogP contribution in [-0.2, 0) is 10.0 Å². The van der Waals surface area contributed by atoms with Gasteiger partial charge in [-0.25, -0.2) is 17.2 Å². The van der Waals surface area contributed by atoms with E-state index in [1.807, 2.05) is 0 Å². The second kappa shape index (κ2) is 6.36. The number of benzene rings is 3. The number of sulfonamides is 1. The number of carbonyl (C=O) groups is 1. The van der Waals surface area contributed by atoms with Crippen molar-refractivity contribution >= 4 is 38.2 Å². The average Bonchev–Trinajstić information content (AvgIpc) is 3.29. The lowest BCUT2D eigenvalue weighted by molar-refractivity contribution is 0.103. The molecule has 0 saturated heterocycles. The van der Waals surface area contributed by atoms with Crippen LogP contribution in [0.3, 0.4) is 0 Å². The van der Waals surface area contributed by atoms with E-state index >= 15 is 0 Å². The summed E-state index contributed by atoms with van der Waals surface area (Å²) in [4.78, 5) is 12.0. The van der Waals surface area contributed by atoms with Crippen molar-refractivity contribution in [3.05, 3.63) is 71.8 Å². The summed E-state index contributed by atoms with van der Waals surface area (Å²) in [6, 6.07) is 12.6. The van der Waals surface area contributed by atoms with Crippen LogP contribution in [0.25, 0.3) is 22.0 Å². The summed E-state index contributed by atoms with van der Waals surface area (Å²) in [7, 11) is -4.09. The molecule has 30 heavy (non-hydrogen) atoms. The van der Waals surface area contributed by atoms with Crippen molar-refractivity contribution in [2.24, 2.45) is 0 Å². The Morgan fingerprint density at radius 2 is 1.73 bits per heavy atom. The first-order chi connectivity index (χ1) is 14.3. The number of hydrogen-bond donors (Lipinski definition) is 3. The lowest BCUT2D eigenvalue weighted by atomic mass is 10.1. The molecule has 0 bridgehead atoms. The summed E-state index contributed by atoms with van der Waals surface area (Å²) in [5.74, 6) is -2.49. The van der Waals surface area contributed by atoms with E-state index in [1.54, 1.807) is 18.2 Å². The number of carbonyl (C=O) groups excluding carboxylic acids is 1. The molecule has 0 spiro atoms. The van der Waals surface area contributed by atoms with Crippen LogP contribution >= 0.6 is 0 Å². The molecule has 3 aromatic carbocycles. The van der Waals surface area contributed by atoms with Crippen molar-refractivity contribution in [2.75, 3.05) is 10.0 Å². The highest BCUT2D eigenvalue weighted by Crippen LogP contribution is 2.37. The maximum absolute atomic E-state index is 14.0. The van der Waals surface area contributed by atoms with Crippen molar-refractivity contribution in [3.8, 4) is 11.3 Å². The fourth-order valence-corrected chi connectivity index (χ4v) is 4.71. The monoisotopic (exact) mass is 426 g/mol. The fourth-order valence-electron chi connectivity index (χ4n) is 3.51. The molecule has 0 aliphatic carbocycles. The van der Waals surface area contributed by atoms with Gasteiger partial charge in [-0.3, -0.25) is 14.6 Å². The van der Waals surface area contributed by atoms with E-state index in [2.05, 4.69) is 20.2 Å². The third-order valence-electron chi connectivity index (χ3n) is 4.84. The molecule has 7 nitrogen and oxygen atoms in total. The molecule has 1 aliphatic heterocycles. The number of H-pyrrole nitrogens is 1. The zero-order chi connectivity index (χ0) is 21.0. The summed E-state index contributed by atoms with van der Waals surface area (Å²) in [5.41, 5.74) is 0.958. The molecule has 0 fully saturated rings. The van der Waals surface area contributed by atoms with E-state index < -0.39 is 21.7 Å². The topological polar surface area (TPSA) is 104 Å². The van der Waals surface area contributed by atoms with Crippen LogP contribution in [0.15, 0.2) is 59.5 Å². The SMILES string of the molecule is O=C1Nc2ccc(S(=O)(=O)Nc3cc(-c4cccc(F)c4F)[nH]n3)c3cccc1c23. The molecule has 1 aromatic heterocycles. The van der Waals surface area contributed by atoms with E-state index in [9.17, 15) is 22.0 Å². The average molecular weight is 426 g/mol. The highest BCUT2D eigenvalue weighted by Gasteiger charge is 2.26. The number of anilines is 2. The Labute approximate surface area is 168 Å². The van der Waals surface area contributed by atoms with Crippen LogP contribution in [0.5, 0.6) is 0 Å². The summed E-state index contributed by atoms with van der Waals surface area (Å²) in [5, 5.41) is 9.93. The van der Waals surface area contributed by atoms with Crippen LogP contribution < -0.4 is 10.0 Å². The van der Waals surface area contributed by atoms with Gasteiger partial charge < -0.3 is 5.32 Å². The minimum absolute atomic E-state index is 0.0407. The highest BCUT2D eigenvalue weighted by atomic mass is 32.2. The number of hydrogen-bond acceptors (Lipinski definition) is 4. The van der Waals surface area contributed by atoms with Gasteiger partial charge in [0.1, 0.15) is 0 Å². The zero-order valence-electron chi connectivity index (χ0n) is 15.0. The Bertz CT molecular complexity index is 1460. The van der Waals surface area contributed by atoms with Gasteiger partial charge >= 0.3 is 0 Å². The standard InChI is InChI=1S/C20H12F2N4O3S/c21-13-6-2-3-10(19(13)22)15-9-17(25-24-15)26-30(28,29)16-8-7-14-18-11(16)4-1-5-12(18)20(27)23-14/h1-9H,(H,23,27)(H2,24,25,26). The molecule has 4 aromatic rings. The summed E-state index contributed by atoms with van der Waals surface area (Å²) in [6.45, 7) is 0. The Balaban J connectivity index is 1.54. The van der Waals surface area contributed by atoms with Crippen LogP contribution in [0.4, 0.5) is 20.3 Å². The number of halogens is 2. The Kier molecular flexibility index (Phi) is 3.87. The van der Waals surface area contributed by atoms with Gasteiger partial charge in [0.05, 0.1) is 10.6 Å². The van der Waals surface area contributed by atoms with Gasteiger partial charge in [-0.05, 0) is 30.3 Å². The van der Waals surface area contributed by atoms with Crippen LogP contribution in [0, 0.1) is 11.6 Å². The summed E-state index contributed by atoms with van der Waals surface area (Å²) >= 11 is 0. The molecular formula is C20H12F2N4O3S. The van der Waals surface area contributed by atoms with Gasteiger partial charge in [-0.1, -0.05) is 18.2 Å². The lowest BCUT2D eigenvalue weighted by Crippen LogP contribution is -2.13. The van der Waals surface area contributed by atoms with E-state index in [1.165, 1.54) is 30.3 Å². The van der Waals surface area contributed by atoms with Gasteiger partial charge in [-0.2, -0.15) is 5.10 Å². The molecule has 10 heteroatoms. The largest absolute Gasteiger partial charge is 0.321 e. The smallest absolute Gasteiger partial charge is 0.263 e. The third-order valence-corrected chi connectivity index (χ3v) is 6.25. The maximum atomic E-state index is 14.0. The first-order valence-electron chi connectivity index (χ1n) is 8.75. The highest BCUT2D eigenvalue weighted by molar-refractivity contribution is 7.93. The molecule has 1 amide bonds. The van der Waals surface area contributed by atoms with Crippen molar-refractivity contribution in [1.29, 1.82) is 0 Å². The number of aromatic nitrogens is 2. The second-order valence-electron chi connectivity index (χ2n) is 6.67. The first-order valence-corrected chi connectivity index (χ1v) is 10.2. The molecule has 2 heterocycles. The molecule has 0 radical (unpaired) electrons. The molecule has 1 aliphatic rings. The minimum atomic E-state index is -4.09. The molecule has 3 N–H and O–H groups in total. The van der Waals surface area contributed by atoms with Crippen molar-refractivity contribution in [1.82, 2.24) is 10.2 Å². The Morgan fingerprint density at radius 3 is 2.57 bits per heavy atom. The van der Waals surface area contributed by atoms with E-state index in [0.29, 0.717) is 22.0 Å². The predicted octanol–water partition coefficient (Wildman–Crippen LogP) is 3.87. The third kappa shape index (κ3) is 2.72. The molecule has 150 valence electrons. The normalized spacial score (nSPS) is 12.9. The van der Waals surface area contributed by atoms with E-state index in [0.717, 1.165) is 6.07 Å². The van der Waals surface area contributed by atoms with Crippen LogP contribution in [0.1, 0.15) is 10.4 Å². The minimum Gasteiger partial charge on any atom is -0.321 e. The lowest BCUT2D eigenvalue weighted by Gasteiger charge is -2.09. The molecule has 0 unspecified atom stereocenters. The number of amides is 1. The number of rotatable bonds is 4. The quantitative estimate of drug-likeness (QED) is 0.461. The van der Waals surface area contributed by atoms with Gasteiger partial charge in [-0.15, -0.1) is 0 Å². The van der Waals surface area contributed by atoms with Gasteiger partial charge in [0.2, 0.25) is 0 Å². The number of nitrogens with one attached hydrogen (secondary N) is 3. The van der Waals surface area contributed by atoms with Crippen LogP contribution in [-0.4, -0.2) is 24.5 Å². The van der Waals surface area contributed by atoms with Gasteiger partial charge in [0, 0.05) is 33.7 Å². The van der Waals surface area contributed by atoms with E-state index in [-0.39, 0.29) is 27.9 Å². The fraction of sp³-hybridized carbons (Fsp3) is 0. The maximum Gasteiger partial charge on any atom is 0.263 e. The summed E-state index contributed by atoms with van der Waals surface area (Å²) < 4.78 is 55.8. The second-order valence-corrected chi connectivity index (χ2v) is 8.32. The molecular weight excluding hydrogens is 414 g/mol. The van der Waals surface area contributed by atoms with Gasteiger partial charge in [0.15, 0.2) is 17.5 Å². The molecule has 0 saturated carbocycles. The summed E-state index contributed by atoms with van der Waals surface area (Å²) in [6.07, 6.45) is 0. The molecule has 5 rings (SSSR count). The Hall–Kier alpha value is -3.79. The molecule has 0 atom stereocenters. The first kappa shape index (κ1) is 18.3. The van der Waals surface area contributed by atoms with Crippen molar-refractivity contribution in [3.63, 3.8) is 0 Å². The number of aromatic amines is 1. The number of nitrogens with zero attached hydrogens (tertiary/aromatic N) is 1. The Morgan fingerprint density at radius 1 is 0.967 bits per heavy atom. The predicted molar refractivity (Wildman–Crippen MR) is 107 cm³/mol. The van der Waals surface area contributed by atoms with Gasteiger partial charge in [0.25, 0.3) is 15.9 Å². The van der Waals surface area contributed by atoms with Crippen LogP contribution in [0.2, 0.25) is 0 Å². The van der Waals surface area contributed by atoms with Crippen molar-refractivity contribution < 1.29 is 22.0 Å². The zero-order valence-corrected chi connectivity index (χ0v) is 15.8. The van der Waals surface area contributed by atoms with Crippen molar-refractivity contribution in [2.45, 2.75) is 4.90 Å².